The number of benzene rings is 1. The van der Waals surface area contributed by atoms with Crippen LogP contribution in [0.25, 0.3) is 0 Å². The first-order valence-corrected chi connectivity index (χ1v) is 6.18. The van der Waals surface area contributed by atoms with Crippen LogP contribution in [0.1, 0.15) is 12.5 Å². The van der Waals surface area contributed by atoms with Crippen molar-refractivity contribution in [2.75, 3.05) is 26.8 Å². The van der Waals surface area contributed by atoms with Gasteiger partial charge in [0.15, 0.2) is 0 Å². The Balaban J connectivity index is 2.49. The van der Waals surface area contributed by atoms with Crippen LogP contribution in [0.5, 0.6) is 0 Å². The summed E-state index contributed by atoms with van der Waals surface area (Å²) >= 11 is 0. The molecule has 19 heavy (non-hydrogen) atoms. The summed E-state index contributed by atoms with van der Waals surface area (Å²) in [6.45, 7) is 2.88. The second-order valence-electron chi connectivity index (χ2n) is 4.20. The number of hydrogen-bond acceptors (Lipinski definition) is 3. The highest BCUT2D eigenvalue weighted by atomic mass is 16.5. The van der Waals surface area contributed by atoms with Gasteiger partial charge in [0.25, 0.3) is 0 Å². The van der Waals surface area contributed by atoms with Gasteiger partial charge in [-0.1, -0.05) is 30.3 Å². The minimum atomic E-state index is -0.178. The van der Waals surface area contributed by atoms with Crippen LogP contribution in [-0.2, 0) is 20.9 Å². The van der Waals surface area contributed by atoms with Gasteiger partial charge in [0.05, 0.1) is 13.2 Å². The van der Waals surface area contributed by atoms with E-state index in [0.29, 0.717) is 19.7 Å². The maximum absolute atomic E-state index is 11.7. The fourth-order valence-corrected chi connectivity index (χ4v) is 1.60. The number of nitrogens with zero attached hydrogens (tertiary/aromatic N) is 1. The Morgan fingerprint density at radius 3 is 2.53 bits per heavy atom. The summed E-state index contributed by atoms with van der Waals surface area (Å²) in [5, 5.41) is 2.70. The van der Waals surface area contributed by atoms with E-state index in [1.165, 1.54) is 11.8 Å². The zero-order valence-electron chi connectivity index (χ0n) is 11.4. The van der Waals surface area contributed by atoms with Gasteiger partial charge in [0, 0.05) is 27.1 Å². The van der Waals surface area contributed by atoms with Crippen LogP contribution in [0.15, 0.2) is 30.3 Å². The average molecular weight is 264 g/mol. The number of nitrogens with one attached hydrogen (secondary N) is 1. The number of ether oxygens (including phenoxy) is 1. The maximum atomic E-state index is 11.7. The van der Waals surface area contributed by atoms with Crippen LogP contribution in [0.2, 0.25) is 0 Å². The molecule has 0 unspecified atom stereocenters. The maximum Gasteiger partial charge on any atom is 0.239 e. The molecule has 5 nitrogen and oxygen atoms in total. The summed E-state index contributed by atoms with van der Waals surface area (Å²) in [7, 11) is 1.57. The van der Waals surface area contributed by atoms with Crippen LogP contribution in [-0.4, -0.2) is 43.5 Å². The van der Waals surface area contributed by atoms with E-state index in [0.717, 1.165) is 5.56 Å². The second-order valence-corrected chi connectivity index (χ2v) is 4.20. The van der Waals surface area contributed by atoms with Crippen LogP contribution in [0, 0.1) is 0 Å². The molecule has 0 aromatic heterocycles. The van der Waals surface area contributed by atoms with Gasteiger partial charge in [-0.25, -0.2) is 0 Å². The van der Waals surface area contributed by atoms with Crippen LogP contribution >= 0.6 is 0 Å². The quantitative estimate of drug-likeness (QED) is 0.741. The Labute approximate surface area is 113 Å². The van der Waals surface area contributed by atoms with E-state index in [9.17, 15) is 9.59 Å². The molecule has 0 heterocycles. The van der Waals surface area contributed by atoms with E-state index in [-0.39, 0.29) is 18.4 Å². The average Bonchev–Trinajstić information content (AvgIpc) is 2.39. The minimum absolute atomic E-state index is 0.0634. The summed E-state index contributed by atoms with van der Waals surface area (Å²) in [5.41, 5.74) is 1.00. The largest absolute Gasteiger partial charge is 0.383 e. The third kappa shape index (κ3) is 6.01. The second kappa shape index (κ2) is 8.26. The van der Waals surface area contributed by atoms with Gasteiger partial charge in [0.1, 0.15) is 0 Å². The van der Waals surface area contributed by atoms with Gasteiger partial charge in [-0.15, -0.1) is 0 Å². The molecule has 0 saturated heterocycles. The fourth-order valence-electron chi connectivity index (χ4n) is 1.60. The molecular formula is C14H20N2O3. The third-order valence-electron chi connectivity index (χ3n) is 2.62. The Bertz CT molecular complexity index is 406. The minimum Gasteiger partial charge on any atom is -0.383 e. The lowest BCUT2D eigenvalue weighted by atomic mass is 10.2. The number of hydrogen-bond donors (Lipinski definition) is 1. The van der Waals surface area contributed by atoms with Gasteiger partial charge in [0.2, 0.25) is 11.8 Å². The Kier molecular flexibility index (Phi) is 6.60. The molecule has 5 heteroatoms. The van der Waals surface area contributed by atoms with E-state index in [1.54, 1.807) is 7.11 Å². The predicted octanol–water partition coefficient (Wildman–Crippen LogP) is 0.798. The zero-order valence-corrected chi connectivity index (χ0v) is 11.4. The molecule has 0 aliphatic carbocycles. The molecule has 1 rings (SSSR count). The van der Waals surface area contributed by atoms with Crippen molar-refractivity contribution in [1.29, 1.82) is 0 Å². The molecule has 0 aliphatic rings. The topological polar surface area (TPSA) is 58.6 Å². The normalized spacial score (nSPS) is 10.0. The number of rotatable bonds is 7. The highest BCUT2D eigenvalue weighted by molar-refractivity contribution is 5.83. The smallest absolute Gasteiger partial charge is 0.239 e. The van der Waals surface area contributed by atoms with Crippen LogP contribution in [0.4, 0.5) is 0 Å². The lowest BCUT2D eigenvalue weighted by Gasteiger charge is -2.20. The zero-order chi connectivity index (χ0) is 14.1. The molecule has 0 bridgehead atoms. The molecule has 1 N–H and O–H groups in total. The molecule has 1 aromatic carbocycles. The summed E-state index contributed by atoms with van der Waals surface area (Å²) in [5.74, 6) is -0.297. The summed E-state index contributed by atoms with van der Waals surface area (Å²) in [4.78, 5) is 24.7. The highest BCUT2D eigenvalue weighted by Gasteiger charge is 2.13. The van der Waals surface area contributed by atoms with Gasteiger partial charge in [-0.05, 0) is 5.56 Å². The molecule has 1 aromatic rings. The molecule has 0 saturated carbocycles. The van der Waals surface area contributed by atoms with E-state index in [2.05, 4.69) is 5.32 Å². The first kappa shape index (κ1) is 15.2. The summed E-state index contributed by atoms with van der Waals surface area (Å²) < 4.78 is 4.85. The van der Waals surface area contributed by atoms with Crippen molar-refractivity contribution in [1.82, 2.24) is 10.2 Å². The molecule has 0 fully saturated rings. The van der Waals surface area contributed by atoms with E-state index < -0.39 is 0 Å². The van der Waals surface area contributed by atoms with E-state index >= 15 is 0 Å². The SMILES string of the molecule is COCCNC(=O)CN(Cc1ccccc1)C(C)=O. The summed E-state index contributed by atoms with van der Waals surface area (Å²) in [6, 6.07) is 9.59. The molecule has 0 atom stereocenters. The molecule has 2 amide bonds. The van der Waals surface area contributed by atoms with Gasteiger partial charge >= 0.3 is 0 Å². The Morgan fingerprint density at radius 1 is 1.26 bits per heavy atom. The van der Waals surface area contributed by atoms with E-state index in [4.69, 9.17) is 4.74 Å². The van der Waals surface area contributed by atoms with Gasteiger partial charge < -0.3 is 15.0 Å². The number of amides is 2. The van der Waals surface area contributed by atoms with Crippen molar-refractivity contribution in [3.05, 3.63) is 35.9 Å². The van der Waals surface area contributed by atoms with Crippen molar-refractivity contribution in [2.24, 2.45) is 0 Å². The lowest BCUT2D eigenvalue weighted by molar-refractivity contribution is -0.135. The van der Waals surface area contributed by atoms with Crippen molar-refractivity contribution in [2.45, 2.75) is 13.5 Å². The Hall–Kier alpha value is -1.88. The third-order valence-corrected chi connectivity index (χ3v) is 2.62. The first-order valence-electron chi connectivity index (χ1n) is 6.18. The standard InChI is InChI=1S/C14H20N2O3/c1-12(17)16(10-13-6-4-3-5-7-13)11-14(18)15-8-9-19-2/h3-7H,8-11H2,1-2H3,(H,15,18). The highest BCUT2D eigenvalue weighted by Crippen LogP contribution is 2.04. The van der Waals surface area contributed by atoms with Gasteiger partial charge in [-0.2, -0.15) is 0 Å². The molecule has 0 spiro atoms. The predicted molar refractivity (Wildman–Crippen MR) is 72.4 cm³/mol. The number of methoxy groups -OCH3 is 1. The van der Waals surface area contributed by atoms with Crippen molar-refractivity contribution < 1.29 is 14.3 Å². The number of carbonyl (C=O) groups excluding carboxylic acids is 2. The number of carbonyl (C=O) groups is 2. The van der Waals surface area contributed by atoms with Crippen LogP contribution < -0.4 is 5.32 Å². The van der Waals surface area contributed by atoms with Crippen molar-refractivity contribution in [3.8, 4) is 0 Å². The molecule has 0 radical (unpaired) electrons. The van der Waals surface area contributed by atoms with Gasteiger partial charge in [-0.3, -0.25) is 9.59 Å². The van der Waals surface area contributed by atoms with Crippen molar-refractivity contribution >= 4 is 11.8 Å². The lowest BCUT2D eigenvalue weighted by Crippen LogP contribution is -2.40. The first-order chi connectivity index (χ1) is 9.13. The molecule has 104 valence electrons. The monoisotopic (exact) mass is 264 g/mol. The molecular weight excluding hydrogens is 244 g/mol. The van der Waals surface area contributed by atoms with Crippen LogP contribution in [0.3, 0.4) is 0 Å². The van der Waals surface area contributed by atoms with Crippen molar-refractivity contribution in [3.63, 3.8) is 0 Å². The summed E-state index contributed by atoms with van der Waals surface area (Å²) in [6.07, 6.45) is 0. The van der Waals surface area contributed by atoms with E-state index in [1.807, 2.05) is 30.3 Å². The molecule has 0 aliphatic heterocycles. The fraction of sp³-hybridized carbons (Fsp3) is 0.429. The Morgan fingerprint density at radius 2 is 1.95 bits per heavy atom.